The Morgan fingerprint density at radius 1 is 1.42 bits per heavy atom. The molecule has 1 aromatic rings. The fraction of sp³-hybridized carbons (Fsp3) is 0.222. The van der Waals surface area contributed by atoms with E-state index in [4.69, 9.17) is 11.6 Å². The van der Waals surface area contributed by atoms with Gasteiger partial charge in [0.15, 0.2) is 12.4 Å². The third-order valence-electron chi connectivity index (χ3n) is 1.38. The van der Waals surface area contributed by atoms with Crippen LogP contribution < -0.4 is 17.0 Å². The summed E-state index contributed by atoms with van der Waals surface area (Å²) >= 11 is 5.89. The lowest BCUT2D eigenvalue weighted by Crippen LogP contribution is -3.00. The van der Waals surface area contributed by atoms with Crippen molar-refractivity contribution in [3.8, 4) is 0 Å². The SMILES string of the molecule is C/C=C\[n+]1cc(C)ccc1Cl.[Cl-]. The Hall–Kier alpha value is -0.530. The van der Waals surface area contributed by atoms with E-state index in [-0.39, 0.29) is 12.4 Å². The number of pyridine rings is 1. The molecule has 0 aliphatic heterocycles. The van der Waals surface area contributed by atoms with Crippen LogP contribution in [-0.4, -0.2) is 0 Å². The molecule has 1 heterocycles. The molecule has 0 bridgehead atoms. The Balaban J connectivity index is 0.00000121. The number of nitrogens with zero attached hydrogens (tertiary/aromatic N) is 1. The van der Waals surface area contributed by atoms with Crippen molar-refractivity contribution in [3.63, 3.8) is 0 Å². The average Bonchev–Trinajstić information content (AvgIpc) is 1.98. The first-order valence-electron chi connectivity index (χ1n) is 3.54. The zero-order valence-corrected chi connectivity index (χ0v) is 8.60. The maximum absolute atomic E-state index is 5.89. The lowest BCUT2D eigenvalue weighted by atomic mass is 10.3. The highest BCUT2D eigenvalue weighted by Gasteiger charge is 2.02. The fourth-order valence-electron chi connectivity index (χ4n) is 0.885. The van der Waals surface area contributed by atoms with E-state index < -0.39 is 0 Å². The highest BCUT2D eigenvalue weighted by Crippen LogP contribution is 2.02. The standard InChI is InChI=1S/C9H11ClN.ClH/c1-3-6-11-7-8(2)4-5-9(11)10;/h3-7H,1-2H3;1H/q+1;/p-1/b6-3-;. The molecule has 66 valence electrons. The quantitative estimate of drug-likeness (QED) is 0.426. The van der Waals surface area contributed by atoms with Gasteiger partial charge in [0.1, 0.15) is 0 Å². The van der Waals surface area contributed by atoms with E-state index >= 15 is 0 Å². The molecule has 0 atom stereocenters. The van der Waals surface area contributed by atoms with Crippen LogP contribution in [0.1, 0.15) is 12.5 Å². The first-order chi connectivity index (χ1) is 5.24. The summed E-state index contributed by atoms with van der Waals surface area (Å²) in [6.07, 6.45) is 5.86. The molecule has 0 aromatic carbocycles. The van der Waals surface area contributed by atoms with Gasteiger partial charge in [-0.15, -0.1) is 0 Å². The molecule has 0 amide bonds. The summed E-state index contributed by atoms with van der Waals surface area (Å²) in [5.41, 5.74) is 1.20. The highest BCUT2D eigenvalue weighted by molar-refractivity contribution is 6.28. The summed E-state index contributed by atoms with van der Waals surface area (Å²) in [7, 11) is 0. The molecule has 0 saturated carbocycles. The van der Waals surface area contributed by atoms with E-state index in [1.54, 1.807) is 0 Å². The van der Waals surface area contributed by atoms with Gasteiger partial charge in [-0.3, -0.25) is 0 Å². The van der Waals surface area contributed by atoms with Gasteiger partial charge in [-0.05, 0) is 37.6 Å². The Morgan fingerprint density at radius 2 is 2.08 bits per heavy atom. The number of aromatic nitrogens is 1. The molecule has 0 aliphatic carbocycles. The molecule has 1 aromatic heterocycles. The minimum atomic E-state index is 0. The fourth-order valence-corrected chi connectivity index (χ4v) is 1.05. The second kappa shape index (κ2) is 5.18. The van der Waals surface area contributed by atoms with Crippen LogP contribution in [0.25, 0.3) is 6.20 Å². The average molecular weight is 204 g/mol. The van der Waals surface area contributed by atoms with Gasteiger partial charge >= 0.3 is 0 Å². The molecule has 0 aliphatic rings. The first kappa shape index (κ1) is 11.5. The molecule has 0 N–H and O–H groups in total. The van der Waals surface area contributed by atoms with Gasteiger partial charge in [0.25, 0.3) is 5.15 Å². The van der Waals surface area contributed by atoms with Crippen LogP contribution in [0.2, 0.25) is 5.15 Å². The zero-order valence-electron chi connectivity index (χ0n) is 7.09. The summed E-state index contributed by atoms with van der Waals surface area (Å²) in [5, 5.41) is 0.730. The lowest BCUT2D eigenvalue weighted by molar-refractivity contribution is -0.566. The molecule has 0 fully saturated rings. The van der Waals surface area contributed by atoms with Gasteiger partial charge in [0.05, 0.1) is 0 Å². The summed E-state index contributed by atoms with van der Waals surface area (Å²) in [4.78, 5) is 0. The van der Waals surface area contributed by atoms with Crippen molar-refractivity contribution >= 4 is 17.8 Å². The van der Waals surface area contributed by atoms with E-state index in [2.05, 4.69) is 0 Å². The highest BCUT2D eigenvalue weighted by atomic mass is 35.5. The van der Waals surface area contributed by atoms with Crippen molar-refractivity contribution < 1.29 is 17.0 Å². The largest absolute Gasteiger partial charge is 1.00 e. The van der Waals surface area contributed by atoms with Crippen LogP contribution in [0, 0.1) is 6.92 Å². The van der Waals surface area contributed by atoms with Crippen LogP contribution in [0.5, 0.6) is 0 Å². The summed E-state index contributed by atoms with van der Waals surface area (Å²) in [5.74, 6) is 0. The molecule has 12 heavy (non-hydrogen) atoms. The van der Waals surface area contributed by atoms with Crippen molar-refractivity contribution in [1.82, 2.24) is 0 Å². The van der Waals surface area contributed by atoms with Gasteiger partial charge in [-0.2, -0.15) is 4.57 Å². The molecular formula is C9H11Cl2N. The Labute approximate surface area is 84.1 Å². The third-order valence-corrected chi connectivity index (χ3v) is 1.70. The molecule has 1 rings (SSSR count). The topological polar surface area (TPSA) is 3.88 Å². The Bertz CT molecular complexity index is 282. The second-order valence-corrected chi connectivity index (χ2v) is 2.81. The lowest BCUT2D eigenvalue weighted by Gasteiger charge is -1.91. The summed E-state index contributed by atoms with van der Waals surface area (Å²) in [6, 6.07) is 3.87. The first-order valence-corrected chi connectivity index (χ1v) is 3.92. The van der Waals surface area contributed by atoms with Crippen LogP contribution >= 0.6 is 11.6 Å². The normalized spacial score (nSPS) is 9.92. The number of hydrogen-bond acceptors (Lipinski definition) is 0. The Morgan fingerprint density at radius 3 is 2.67 bits per heavy atom. The minimum Gasteiger partial charge on any atom is -1.00 e. The van der Waals surface area contributed by atoms with Crippen molar-refractivity contribution in [2.45, 2.75) is 13.8 Å². The van der Waals surface area contributed by atoms with Crippen LogP contribution in [0.15, 0.2) is 24.4 Å². The van der Waals surface area contributed by atoms with E-state index in [1.807, 2.05) is 49.0 Å². The van der Waals surface area contributed by atoms with Crippen LogP contribution in [-0.2, 0) is 0 Å². The molecule has 0 radical (unpaired) electrons. The van der Waals surface area contributed by atoms with Gasteiger partial charge in [0, 0.05) is 11.6 Å². The van der Waals surface area contributed by atoms with Crippen LogP contribution in [0.4, 0.5) is 0 Å². The second-order valence-electron chi connectivity index (χ2n) is 2.42. The summed E-state index contributed by atoms with van der Waals surface area (Å²) in [6.45, 7) is 4.00. The number of halogens is 2. The van der Waals surface area contributed by atoms with Crippen molar-refractivity contribution in [2.24, 2.45) is 0 Å². The van der Waals surface area contributed by atoms with Crippen LogP contribution in [0.3, 0.4) is 0 Å². The monoisotopic (exact) mass is 203 g/mol. The van der Waals surface area contributed by atoms with Crippen molar-refractivity contribution in [3.05, 3.63) is 35.1 Å². The predicted octanol–water partition coefficient (Wildman–Crippen LogP) is -0.569. The predicted molar refractivity (Wildman–Crippen MR) is 47.4 cm³/mol. The molecule has 0 unspecified atom stereocenters. The number of hydrogen-bond donors (Lipinski definition) is 0. The molecule has 1 nitrogen and oxygen atoms in total. The van der Waals surface area contributed by atoms with Gasteiger partial charge in [-0.25, -0.2) is 0 Å². The number of rotatable bonds is 1. The Kier molecular flexibility index (Phi) is 4.95. The minimum absolute atomic E-state index is 0. The number of aryl methyl sites for hydroxylation is 1. The van der Waals surface area contributed by atoms with Gasteiger partial charge < -0.3 is 12.4 Å². The van der Waals surface area contributed by atoms with Crippen molar-refractivity contribution in [1.29, 1.82) is 0 Å². The molecule has 0 saturated heterocycles. The molecular weight excluding hydrogens is 193 g/mol. The van der Waals surface area contributed by atoms with Crippen molar-refractivity contribution in [2.75, 3.05) is 0 Å². The zero-order chi connectivity index (χ0) is 8.27. The molecule has 0 spiro atoms. The summed E-state index contributed by atoms with van der Waals surface area (Å²) < 4.78 is 1.89. The van der Waals surface area contributed by atoms with E-state index in [0.29, 0.717) is 0 Å². The third kappa shape index (κ3) is 2.84. The smallest absolute Gasteiger partial charge is 0.280 e. The van der Waals surface area contributed by atoms with Gasteiger partial charge in [-0.1, -0.05) is 0 Å². The van der Waals surface area contributed by atoms with E-state index in [1.165, 1.54) is 5.56 Å². The maximum atomic E-state index is 5.89. The van der Waals surface area contributed by atoms with E-state index in [9.17, 15) is 0 Å². The number of allylic oxidation sites excluding steroid dienone is 1. The maximum Gasteiger partial charge on any atom is 0.280 e. The van der Waals surface area contributed by atoms with E-state index in [0.717, 1.165) is 5.15 Å². The van der Waals surface area contributed by atoms with Gasteiger partial charge in [0.2, 0.25) is 0 Å². The molecule has 3 heteroatoms.